The molecule has 0 fully saturated rings. The van der Waals surface area contributed by atoms with E-state index in [2.05, 4.69) is 4.98 Å². The highest BCUT2D eigenvalue weighted by atomic mass is 35.5. The second-order valence-electron chi connectivity index (χ2n) is 6.51. The predicted octanol–water partition coefficient (Wildman–Crippen LogP) is 4.89. The van der Waals surface area contributed by atoms with E-state index < -0.39 is 0 Å². The van der Waals surface area contributed by atoms with Crippen LogP contribution in [0, 0.1) is 5.82 Å². The van der Waals surface area contributed by atoms with Gasteiger partial charge in [-0.2, -0.15) is 0 Å². The molecule has 0 saturated carbocycles. The highest BCUT2D eigenvalue weighted by molar-refractivity contribution is 6.31. The summed E-state index contributed by atoms with van der Waals surface area (Å²) in [5.74, 6) is 0.670. The number of hydroxylamine groups is 2. The SMILES string of the molecule is COc1cccc(CC2=CCN(CCc3c[nH]c4ccc(Cl)cc34)O2)c1F. The number of aromatic nitrogens is 1. The van der Waals surface area contributed by atoms with Crippen LogP contribution in [0.5, 0.6) is 5.75 Å². The van der Waals surface area contributed by atoms with E-state index in [-0.39, 0.29) is 11.6 Å². The molecule has 0 amide bonds. The van der Waals surface area contributed by atoms with E-state index >= 15 is 0 Å². The fraction of sp³-hybridized carbons (Fsp3) is 0.238. The Kier molecular flexibility index (Phi) is 5.05. The topological polar surface area (TPSA) is 37.5 Å². The van der Waals surface area contributed by atoms with Gasteiger partial charge in [-0.05, 0) is 47.9 Å². The molecule has 0 saturated heterocycles. The van der Waals surface area contributed by atoms with Gasteiger partial charge in [0.05, 0.1) is 13.7 Å². The molecule has 3 aromatic rings. The van der Waals surface area contributed by atoms with Crippen LogP contribution in [0.1, 0.15) is 11.1 Å². The van der Waals surface area contributed by atoms with Crippen molar-refractivity contribution in [3.63, 3.8) is 0 Å². The van der Waals surface area contributed by atoms with Crippen LogP contribution in [-0.4, -0.2) is 30.2 Å². The first kappa shape index (κ1) is 17.9. The Balaban J connectivity index is 1.36. The van der Waals surface area contributed by atoms with Gasteiger partial charge in [-0.25, -0.2) is 4.39 Å². The number of ether oxygens (including phenoxy) is 1. The van der Waals surface area contributed by atoms with Gasteiger partial charge < -0.3 is 14.6 Å². The third-order valence-corrected chi connectivity index (χ3v) is 4.99. The zero-order chi connectivity index (χ0) is 18.8. The molecule has 2 aromatic carbocycles. The maximum atomic E-state index is 14.3. The van der Waals surface area contributed by atoms with Crippen LogP contribution in [0.2, 0.25) is 5.02 Å². The molecule has 0 bridgehead atoms. The van der Waals surface area contributed by atoms with Gasteiger partial charge in [-0.1, -0.05) is 23.7 Å². The number of methoxy groups -OCH3 is 1. The van der Waals surface area contributed by atoms with E-state index in [9.17, 15) is 4.39 Å². The summed E-state index contributed by atoms with van der Waals surface area (Å²) in [5, 5.41) is 3.75. The summed E-state index contributed by atoms with van der Waals surface area (Å²) in [4.78, 5) is 9.14. The molecule has 2 heterocycles. The van der Waals surface area contributed by atoms with Crippen molar-refractivity contribution >= 4 is 22.5 Å². The summed E-state index contributed by atoms with van der Waals surface area (Å²) >= 11 is 6.11. The molecule has 4 rings (SSSR count). The van der Waals surface area contributed by atoms with Crippen LogP contribution in [0.15, 0.2) is 54.4 Å². The molecular formula is C21H20ClFN2O2. The Labute approximate surface area is 162 Å². The average Bonchev–Trinajstić information content (AvgIpc) is 3.28. The Hall–Kier alpha value is -2.50. The quantitative estimate of drug-likeness (QED) is 0.655. The Morgan fingerprint density at radius 2 is 2.15 bits per heavy atom. The van der Waals surface area contributed by atoms with E-state index in [1.165, 1.54) is 12.7 Å². The number of aromatic amines is 1. The number of hydrogen-bond acceptors (Lipinski definition) is 3. The van der Waals surface area contributed by atoms with Gasteiger partial charge in [-0.3, -0.25) is 0 Å². The lowest BCUT2D eigenvalue weighted by atomic mass is 10.1. The highest BCUT2D eigenvalue weighted by Crippen LogP contribution is 2.26. The number of fused-ring (bicyclic) bond motifs is 1. The molecule has 0 aliphatic carbocycles. The van der Waals surface area contributed by atoms with Crippen molar-refractivity contribution in [2.75, 3.05) is 20.2 Å². The van der Waals surface area contributed by atoms with Crippen molar-refractivity contribution in [1.29, 1.82) is 0 Å². The molecule has 1 aliphatic rings. The summed E-state index contributed by atoms with van der Waals surface area (Å²) in [7, 11) is 1.47. The first-order valence-corrected chi connectivity index (χ1v) is 9.20. The molecule has 1 N–H and O–H groups in total. The van der Waals surface area contributed by atoms with Gasteiger partial charge in [0.25, 0.3) is 0 Å². The number of halogens is 2. The van der Waals surface area contributed by atoms with Crippen LogP contribution in [-0.2, 0) is 17.7 Å². The van der Waals surface area contributed by atoms with Crippen molar-refractivity contribution in [3.05, 3.63) is 76.4 Å². The zero-order valence-electron chi connectivity index (χ0n) is 15.0. The van der Waals surface area contributed by atoms with E-state index in [0.717, 1.165) is 34.7 Å². The fourth-order valence-corrected chi connectivity index (χ4v) is 3.50. The summed E-state index contributed by atoms with van der Waals surface area (Å²) in [6.07, 6.45) is 5.24. The molecule has 4 nitrogen and oxygen atoms in total. The number of rotatable bonds is 6. The monoisotopic (exact) mass is 386 g/mol. The maximum absolute atomic E-state index is 14.3. The summed E-state index contributed by atoms with van der Waals surface area (Å²) < 4.78 is 19.3. The van der Waals surface area contributed by atoms with Crippen molar-refractivity contribution in [3.8, 4) is 5.75 Å². The molecule has 140 valence electrons. The van der Waals surface area contributed by atoms with E-state index in [1.54, 1.807) is 18.2 Å². The predicted molar refractivity (Wildman–Crippen MR) is 104 cm³/mol. The largest absolute Gasteiger partial charge is 0.494 e. The number of allylic oxidation sites excluding steroid dienone is 1. The van der Waals surface area contributed by atoms with Crippen molar-refractivity contribution in [2.24, 2.45) is 0 Å². The molecule has 0 spiro atoms. The van der Waals surface area contributed by atoms with Crippen molar-refractivity contribution < 1.29 is 14.0 Å². The third-order valence-electron chi connectivity index (χ3n) is 4.76. The molecule has 0 unspecified atom stereocenters. The molecule has 1 aliphatic heterocycles. The lowest BCUT2D eigenvalue weighted by Gasteiger charge is -2.16. The second kappa shape index (κ2) is 7.62. The first-order valence-electron chi connectivity index (χ1n) is 8.83. The Bertz CT molecular complexity index is 999. The molecule has 0 atom stereocenters. The van der Waals surface area contributed by atoms with Gasteiger partial charge in [0.15, 0.2) is 11.6 Å². The van der Waals surface area contributed by atoms with Gasteiger partial charge >= 0.3 is 0 Å². The average molecular weight is 387 g/mol. The lowest BCUT2D eigenvalue weighted by Crippen LogP contribution is -2.22. The summed E-state index contributed by atoms with van der Waals surface area (Å²) in [6.45, 7) is 1.42. The molecule has 0 radical (unpaired) electrons. The van der Waals surface area contributed by atoms with Gasteiger partial charge in [0.2, 0.25) is 0 Å². The van der Waals surface area contributed by atoms with Crippen LogP contribution in [0.25, 0.3) is 10.9 Å². The minimum atomic E-state index is -0.335. The third kappa shape index (κ3) is 3.80. The summed E-state index contributed by atoms with van der Waals surface area (Å²) in [5.41, 5.74) is 2.83. The van der Waals surface area contributed by atoms with Gasteiger partial charge in [0.1, 0.15) is 5.76 Å². The number of benzene rings is 2. The molecule has 1 aromatic heterocycles. The van der Waals surface area contributed by atoms with Crippen LogP contribution in [0.3, 0.4) is 0 Å². The Morgan fingerprint density at radius 3 is 3.00 bits per heavy atom. The van der Waals surface area contributed by atoms with Crippen LogP contribution < -0.4 is 4.74 Å². The van der Waals surface area contributed by atoms with E-state index in [4.69, 9.17) is 21.2 Å². The molecule has 27 heavy (non-hydrogen) atoms. The van der Waals surface area contributed by atoms with Crippen LogP contribution >= 0.6 is 11.6 Å². The van der Waals surface area contributed by atoms with Crippen LogP contribution in [0.4, 0.5) is 4.39 Å². The Morgan fingerprint density at radius 1 is 1.26 bits per heavy atom. The van der Waals surface area contributed by atoms with E-state index in [1.807, 2.05) is 35.5 Å². The smallest absolute Gasteiger partial charge is 0.168 e. The van der Waals surface area contributed by atoms with E-state index in [0.29, 0.717) is 18.5 Å². The number of hydrogen-bond donors (Lipinski definition) is 1. The van der Waals surface area contributed by atoms with Gasteiger partial charge in [0, 0.05) is 35.1 Å². The lowest BCUT2D eigenvalue weighted by molar-refractivity contribution is -0.0915. The fourth-order valence-electron chi connectivity index (χ4n) is 3.33. The minimum Gasteiger partial charge on any atom is -0.494 e. The van der Waals surface area contributed by atoms with Crippen molar-refractivity contribution in [2.45, 2.75) is 12.8 Å². The van der Waals surface area contributed by atoms with Gasteiger partial charge in [-0.15, -0.1) is 5.06 Å². The standard InChI is InChI=1S/C21H20ClFN2O2/c1-26-20-4-2-3-14(21(20)23)11-17-8-10-25(27-17)9-7-15-13-24-19-6-5-16(22)12-18(15)19/h2-6,8,12-13,24H,7,9-11H2,1H3. The number of H-pyrrole nitrogens is 1. The normalized spacial score (nSPS) is 14.4. The molecular weight excluding hydrogens is 367 g/mol. The zero-order valence-corrected chi connectivity index (χ0v) is 15.7. The number of nitrogens with zero attached hydrogens (tertiary/aromatic N) is 1. The first-order chi connectivity index (χ1) is 13.1. The summed E-state index contributed by atoms with van der Waals surface area (Å²) in [6, 6.07) is 11.0. The molecule has 6 heteroatoms. The second-order valence-corrected chi connectivity index (χ2v) is 6.95. The number of nitrogens with one attached hydrogen (secondary N) is 1. The minimum absolute atomic E-state index is 0.251. The maximum Gasteiger partial charge on any atom is 0.168 e. The highest BCUT2D eigenvalue weighted by Gasteiger charge is 2.19. The van der Waals surface area contributed by atoms with Crippen molar-refractivity contribution in [1.82, 2.24) is 10.0 Å².